The molecule has 1 aliphatic heterocycles. The van der Waals surface area contributed by atoms with Crippen molar-refractivity contribution < 1.29 is 14.6 Å². The molecule has 1 aliphatic rings. The Hall–Kier alpha value is -1.75. The van der Waals surface area contributed by atoms with Crippen molar-refractivity contribution in [3.63, 3.8) is 0 Å². The highest BCUT2D eigenvalue weighted by molar-refractivity contribution is 5.97. The summed E-state index contributed by atoms with van der Waals surface area (Å²) < 4.78 is 5.14. The van der Waals surface area contributed by atoms with Crippen LogP contribution in [0.3, 0.4) is 0 Å². The molecule has 0 bridgehead atoms. The van der Waals surface area contributed by atoms with E-state index in [4.69, 9.17) is 10.5 Å². The fourth-order valence-electron chi connectivity index (χ4n) is 1.98. The number of nitrogens with zero attached hydrogens (tertiary/aromatic N) is 1. The van der Waals surface area contributed by atoms with Gasteiger partial charge in [-0.05, 0) is 18.6 Å². The highest BCUT2D eigenvalue weighted by atomic mass is 16.5. The molecule has 3 N–H and O–H groups in total. The maximum atomic E-state index is 12.2. The zero-order valence-corrected chi connectivity index (χ0v) is 9.72. The first-order valence-corrected chi connectivity index (χ1v) is 5.52. The summed E-state index contributed by atoms with van der Waals surface area (Å²) in [7, 11) is 1.50. The van der Waals surface area contributed by atoms with E-state index in [-0.39, 0.29) is 5.91 Å². The maximum Gasteiger partial charge on any atom is 0.257 e. The van der Waals surface area contributed by atoms with Gasteiger partial charge < -0.3 is 20.5 Å². The fourth-order valence-corrected chi connectivity index (χ4v) is 1.98. The third-order valence-corrected chi connectivity index (χ3v) is 2.91. The van der Waals surface area contributed by atoms with Gasteiger partial charge >= 0.3 is 0 Å². The molecular formula is C12H16N2O3. The number of benzene rings is 1. The molecule has 17 heavy (non-hydrogen) atoms. The lowest BCUT2D eigenvalue weighted by Crippen LogP contribution is -2.29. The van der Waals surface area contributed by atoms with Crippen LogP contribution in [0.2, 0.25) is 0 Å². The van der Waals surface area contributed by atoms with E-state index in [9.17, 15) is 9.90 Å². The van der Waals surface area contributed by atoms with E-state index in [1.807, 2.05) is 0 Å². The lowest BCUT2D eigenvalue weighted by Gasteiger charge is -2.17. The van der Waals surface area contributed by atoms with Crippen molar-refractivity contribution in [3.05, 3.63) is 23.8 Å². The van der Waals surface area contributed by atoms with Crippen molar-refractivity contribution in [2.45, 2.75) is 12.5 Å². The van der Waals surface area contributed by atoms with Gasteiger partial charge in [0.2, 0.25) is 0 Å². The smallest absolute Gasteiger partial charge is 0.257 e. The van der Waals surface area contributed by atoms with E-state index >= 15 is 0 Å². The molecule has 1 amide bonds. The normalized spacial score (nSPS) is 19.4. The third kappa shape index (κ3) is 2.34. The monoisotopic (exact) mass is 236 g/mol. The Morgan fingerprint density at radius 2 is 2.35 bits per heavy atom. The molecular weight excluding hydrogens is 220 g/mol. The first-order chi connectivity index (χ1) is 8.11. The van der Waals surface area contributed by atoms with Crippen LogP contribution in [0.1, 0.15) is 16.8 Å². The molecule has 1 aromatic rings. The molecule has 0 saturated carbocycles. The number of methoxy groups -OCH3 is 1. The average molecular weight is 236 g/mol. The summed E-state index contributed by atoms with van der Waals surface area (Å²) in [6.45, 7) is 0.958. The Balaban J connectivity index is 2.24. The number of nitrogens with two attached hydrogens (primary N) is 1. The third-order valence-electron chi connectivity index (χ3n) is 2.91. The molecule has 1 heterocycles. The van der Waals surface area contributed by atoms with Gasteiger partial charge in [0, 0.05) is 24.8 Å². The van der Waals surface area contributed by atoms with E-state index in [2.05, 4.69) is 0 Å². The van der Waals surface area contributed by atoms with Crippen LogP contribution < -0.4 is 10.5 Å². The maximum absolute atomic E-state index is 12.2. The molecule has 1 atom stereocenters. The molecule has 1 aromatic carbocycles. The van der Waals surface area contributed by atoms with Gasteiger partial charge in [0.05, 0.1) is 18.8 Å². The highest BCUT2D eigenvalue weighted by Crippen LogP contribution is 2.24. The number of carbonyl (C=O) groups is 1. The standard InChI is InChI=1S/C12H16N2O3/c1-17-11-6-8(13)2-3-10(11)12(16)14-5-4-9(15)7-14/h2-3,6,9,15H,4-5,7,13H2,1H3/t9-/m1/s1. The SMILES string of the molecule is COc1cc(N)ccc1C(=O)N1CC[C@@H](O)C1. The minimum Gasteiger partial charge on any atom is -0.496 e. The predicted octanol–water partition coefficient (Wildman–Crippen LogP) is 0.484. The number of aliphatic hydroxyl groups is 1. The fraction of sp³-hybridized carbons (Fsp3) is 0.417. The van der Waals surface area contributed by atoms with Crippen LogP contribution in [0.5, 0.6) is 5.75 Å². The van der Waals surface area contributed by atoms with Gasteiger partial charge in [0.25, 0.3) is 5.91 Å². The van der Waals surface area contributed by atoms with E-state index < -0.39 is 6.10 Å². The molecule has 0 aromatic heterocycles. The van der Waals surface area contributed by atoms with Crippen LogP contribution in [0, 0.1) is 0 Å². The van der Waals surface area contributed by atoms with Crippen LogP contribution in [0.15, 0.2) is 18.2 Å². The number of anilines is 1. The molecule has 0 radical (unpaired) electrons. The Kier molecular flexibility index (Phi) is 3.19. The molecule has 0 unspecified atom stereocenters. The second-order valence-corrected chi connectivity index (χ2v) is 4.15. The minimum atomic E-state index is -0.418. The number of carbonyl (C=O) groups excluding carboxylic acids is 1. The number of ether oxygens (including phenoxy) is 1. The number of nitrogen functional groups attached to an aromatic ring is 1. The van der Waals surface area contributed by atoms with Crippen LogP contribution in [-0.4, -0.2) is 42.2 Å². The summed E-state index contributed by atoms with van der Waals surface area (Å²) in [5.41, 5.74) is 6.67. The topological polar surface area (TPSA) is 75.8 Å². The number of amides is 1. The van der Waals surface area contributed by atoms with Gasteiger partial charge in [-0.15, -0.1) is 0 Å². The molecule has 1 saturated heterocycles. The van der Waals surface area contributed by atoms with Crippen molar-refractivity contribution in [3.8, 4) is 5.75 Å². The Labute approximate surface area is 99.8 Å². The quantitative estimate of drug-likeness (QED) is 0.732. The van der Waals surface area contributed by atoms with E-state index in [0.29, 0.717) is 36.5 Å². The second-order valence-electron chi connectivity index (χ2n) is 4.15. The Morgan fingerprint density at radius 3 is 2.94 bits per heavy atom. The zero-order valence-electron chi connectivity index (χ0n) is 9.72. The van der Waals surface area contributed by atoms with Crippen LogP contribution in [0.4, 0.5) is 5.69 Å². The number of hydrogen-bond donors (Lipinski definition) is 2. The molecule has 5 heteroatoms. The van der Waals surface area contributed by atoms with E-state index in [1.54, 1.807) is 23.1 Å². The Morgan fingerprint density at radius 1 is 1.59 bits per heavy atom. The largest absolute Gasteiger partial charge is 0.496 e. The van der Waals surface area contributed by atoms with Crippen molar-refractivity contribution in [1.29, 1.82) is 0 Å². The summed E-state index contributed by atoms with van der Waals surface area (Å²) in [4.78, 5) is 13.8. The molecule has 0 aliphatic carbocycles. The summed E-state index contributed by atoms with van der Waals surface area (Å²) in [5.74, 6) is 0.342. The van der Waals surface area contributed by atoms with Gasteiger partial charge in [0.15, 0.2) is 0 Å². The molecule has 2 rings (SSSR count). The van der Waals surface area contributed by atoms with Gasteiger partial charge in [0.1, 0.15) is 5.75 Å². The highest BCUT2D eigenvalue weighted by Gasteiger charge is 2.27. The first-order valence-electron chi connectivity index (χ1n) is 5.52. The summed E-state index contributed by atoms with van der Waals surface area (Å²) in [6.07, 6.45) is 0.210. The minimum absolute atomic E-state index is 0.126. The van der Waals surface area contributed by atoms with Crippen molar-refractivity contribution >= 4 is 11.6 Å². The van der Waals surface area contributed by atoms with Gasteiger partial charge in [-0.25, -0.2) is 0 Å². The summed E-state index contributed by atoms with van der Waals surface area (Å²) in [5, 5.41) is 9.42. The number of aliphatic hydroxyl groups excluding tert-OH is 1. The van der Waals surface area contributed by atoms with Crippen LogP contribution in [-0.2, 0) is 0 Å². The summed E-state index contributed by atoms with van der Waals surface area (Å²) >= 11 is 0. The van der Waals surface area contributed by atoms with E-state index in [1.165, 1.54) is 7.11 Å². The number of hydrogen-bond acceptors (Lipinski definition) is 4. The predicted molar refractivity (Wildman–Crippen MR) is 63.9 cm³/mol. The lowest BCUT2D eigenvalue weighted by atomic mass is 10.1. The molecule has 1 fully saturated rings. The van der Waals surface area contributed by atoms with Crippen molar-refractivity contribution in [1.82, 2.24) is 4.90 Å². The number of β-amino-alcohol motifs (C(OH)–C–C–N with tert-alkyl or cyclic N) is 1. The second kappa shape index (κ2) is 4.63. The number of rotatable bonds is 2. The first kappa shape index (κ1) is 11.7. The molecule has 0 spiro atoms. The lowest BCUT2D eigenvalue weighted by molar-refractivity contribution is 0.0761. The summed E-state index contributed by atoms with van der Waals surface area (Å²) in [6, 6.07) is 4.95. The zero-order chi connectivity index (χ0) is 12.4. The molecule has 92 valence electrons. The van der Waals surface area contributed by atoms with Gasteiger partial charge in [-0.1, -0.05) is 0 Å². The number of likely N-dealkylation sites (tertiary alicyclic amines) is 1. The van der Waals surface area contributed by atoms with Crippen LogP contribution >= 0.6 is 0 Å². The average Bonchev–Trinajstić information content (AvgIpc) is 2.75. The Bertz CT molecular complexity index is 434. The van der Waals surface area contributed by atoms with Gasteiger partial charge in [-0.2, -0.15) is 0 Å². The van der Waals surface area contributed by atoms with Crippen molar-refractivity contribution in [2.24, 2.45) is 0 Å². The van der Waals surface area contributed by atoms with Crippen molar-refractivity contribution in [2.75, 3.05) is 25.9 Å². The molecule has 5 nitrogen and oxygen atoms in total. The van der Waals surface area contributed by atoms with E-state index in [0.717, 1.165) is 0 Å². The van der Waals surface area contributed by atoms with Crippen LogP contribution in [0.25, 0.3) is 0 Å². The van der Waals surface area contributed by atoms with Gasteiger partial charge in [-0.3, -0.25) is 4.79 Å².